The number of carbonyl (C=O) groups excluding carboxylic acids is 2. The fourth-order valence-corrected chi connectivity index (χ4v) is 3.05. The number of nitrogens with zero attached hydrogens (tertiary/aromatic N) is 3. The SMILES string of the molecule is COc1ccc(-c2noc(COC(=O)CN3C(=O)COc4ccccc43)n2)c(OC)c1. The molecular weight excluding hydrogens is 406 g/mol. The van der Waals surface area contributed by atoms with Gasteiger partial charge < -0.3 is 23.5 Å². The quantitative estimate of drug-likeness (QED) is 0.526. The molecule has 10 heteroatoms. The number of fused-ring (bicyclic) bond motifs is 1. The largest absolute Gasteiger partial charge is 0.497 e. The Morgan fingerprint density at radius 2 is 2.00 bits per heavy atom. The lowest BCUT2D eigenvalue weighted by Gasteiger charge is -2.28. The van der Waals surface area contributed by atoms with Gasteiger partial charge in [-0.3, -0.25) is 14.5 Å². The van der Waals surface area contributed by atoms with Gasteiger partial charge in [0.15, 0.2) is 13.2 Å². The smallest absolute Gasteiger partial charge is 0.326 e. The number of rotatable bonds is 7. The highest BCUT2D eigenvalue weighted by molar-refractivity contribution is 6.01. The van der Waals surface area contributed by atoms with Crippen LogP contribution in [0, 0.1) is 0 Å². The third-order valence-electron chi connectivity index (χ3n) is 4.57. The third-order valence-corrected chi connectivity index (χ3v) is 4.57. The lowest BCUT2D eigenvalue weighted by atomic mass is 10.2. The van der Waals surface area contributed by atoms with Crippen LogP contribution in [0.4, 0.5) is 5.69 Å². The first-order valence-corrected chi connectivity index (χ1v) is 9.32. The second kappa shape index (κ2) is 8.74. The molecule has 2 heterocycles. The molecule has 0 bridgehead atoms. The molecule has 0 saturated carbocycles. The molecule has 31 heavy (non-hydrogen) atoms. The molecule has 1 aliphatic heterocycles. The summed E-state index contributed by atoms with van der Waals surface area (Å²) in [7, 11) is 3.07. The van der Waals surface area contributed by atoms with E-state index in [0.29, 0.717) is 28.5 Å². The first kappa shape index (κ1) is 20.2. The maximum absolute atomic E-state index is 12.3. The summed E-state index contributed by atoms with van der Waals surface area (Å²) in [6.07, 6.45) is 0. The van der Waals surface area contributed by atoms with Crippen LogP contribution in [-0.2, 0) is 20.9 Å². The van der Waals surface area contributed by atoms with Crippen LogP contribution < -0.4 is 19.1 Å². The van der Waals surface area contributed by atoms with E-state index in [0.717, 1.165) is 0 Å². The van der Waals surface area contributed by atoms with Crippen molar-refractivity contribution in [3.8, 4) is 28.6 Å². The van der Waals surface area contributed by atoms with Crippen molar-refractivity contribution in [3.05, 3.63) is 48.4 Å². The summed E-state index contributed by atoms with van der Waals surface area (Å²) in [6.45, 7) is -0.627. The van der Waals surface area contributed by atoms with Crippen molar-refractivity contribution in [2.45, 2.75) is 6.61 Å². The van der Waals surface area contributed by atoms with E-state index in [1.54, 1.807) is 49.6 Å². The zero-order chi connectivity index (χ0) is 21.8. The number of aromatic nitrogens is 2. The highest BCUT2D eigenvalue weighted by Crippen LogP contribution is 2.32. The maximum atomic E-state index is 12.3. The van der Waals surface area contributed by atoms with Crippen LogP contribution in [0.25, 0.3) is 11.4 Å². The lowest BCUT2D eigenvalue weighted by Crippen LogP contribution is -2.42. The zero-order valence-electron chi connectivity index (χ0n) is 16.9. The van der Waals surface area contributed by atoms with Crippen LogP contribution in [0.5, 0.6) is 17.2 Å². The topological polar surface area (TPSA) is 113 Å². The van der Waals surface area contributed by atoms with Gasteiger partial charge in [-0.05, 0) is 24.3 Å². The minimum atomic E-state index is -0.619. The minimum Gasteiger partial charge on any atom is -0.497 e. The number of anilines is 1. The number of carbonyl (C=O) groups is 2. The number of ether oxygens (including phenoxy) is 4. The van der Waals surface area contributed by atoms with Crippen LogP contribution in [-0.4, -0.2) is 49.4 Å². The second-order valence-corrected chi connectivity index (χ2v) is 6.47. The van der Waals surface area contributed by atoms with Crippen molar-refractivity contribution in [1.29, 1.82) is 0 Å². The summed E-state index contributed by atoms with van der Waals surface area (Å²) in [5.74, 6) is 1.10. The molecule has 0 radical (unpaired) electrons. The third kappa shape index (κ3) is 4.27. The first-order chi connectivity index (χ1) is 15.1. The Labute approximate surface area is 177 Å². The van der Waals surface area contributed by atoms with E-state index in [-0.39, 0.29) is 37.4 Å². The summed E-state index contributed by atoms with van der Waals surface area (Å²) in [5, 5.41) is 3.91. The molecule has 0 N–H and O–H groups in total. The molecule has 1 amide bonds. The molecule has 0 fully saturated rings. The normalized spacial score (nSPS) is 12.7. The van der Waals surface area contributed by atoms with Gasteiger partial charge in [0.2, 0.25) is 5.82 Å². The fraction of sp³-hybridized carbons (Fsp3) is 0.238. The van der Waals surface area contributed by atoms with E-state index in [4.69, 9.17) is 23.5 Å². The average Bonchev–Trinajstić information content (AvgIpc) is 3.28. The summed E-state index contributed by atoms with van der Waals surface area (Å²) in [6, 6.07) is 12.1. The van der Waals surface area contributed by atoms with Crippen LogP contribution in [0.1, 0.15) is 5.89 Å². The monoisotopic (exact) mass is 425 g/mol. The zero-order valence-corrected chi connectivity index (χ0v) is 16.9. The molecule has 3 aromatic rings. The Morgan fingerprint density at radius 3 is 2.81 bits per heavy atom. The van der Waals surface area contributed by atoms with E-state index >= 15 is 0 Å². The molecule has 0 atom stereocenters. The van der Waals surface area contributed by atoms with E-state index in [2.05, 4.69) is 10.1 Å². The second-order valence-electron chi connectivity index (χ2n) is 6.47. The number of amides is 1. The molecule has 2 aromatic carbocycles. The van der Waals surface area contributed by atoms with Gasteiger partial charge in [-0.1, -0.05) is 17.3 Å². The predicted octanol–water partition coefficient (Wildman–Crippen LogP) is 2.22. The summed E-state index contributed by atoms with van der Waals surface area (Å²) >= 11 is 0. The molecular formula is C21H19N3O7. The lowest BCUT2D eigenvalue weighted by molar-refractivity contribution is -0.145. The van der Waals surface area contributed by atoms with Gasteiger partial charge in [0.1, 0.15) is 23.8 Å². The molecule has 10 nitrogen and oxygen atoms in total. The average molecular weight is 425 g/mol. The summed E-state index contributed by atoms with van der Waals surface area (Å²) in [4.78, 5) is 30.0. The fourth-order valence-electron chi connectivity index (χ4n) is 3.05. The van der Waals surface area contributed by atoms with E-state index < -0.39 is 5.97 Å². The van der Waals surface area contributed by atoms with E-state index in [1.807, 2.05) is 0 Å². The van der Waals surface area contributed by atoms with Gasteiger partial charge in [-0.15, -0.1) is 0 Å². The van der Waals surface area contributed by atoms with Crippen molar-refractivity contribution in [2.75, 3.05) is 32.3 Å². The number of methoxy groups -OCH3 is 2. The Kier molecular flexibility index (Phi) is 5.69. The number of para-hydroxylation sites is 2. The van der Waals surface area contributed by atoms with Crippen LogP contribution in [0.15, 0.2) is 47.0 Å². The van der Waals surface area contributed by atoms with E-state index in [1.165, 1.54) is 12.0 Å². The van der Waals surface area contributed by atoms with Gasteiger partial charge >= 0.3 is 5.97 Å². The van der Waals surface area contributed by atoms with Crippen molar-refractivity contribution < 1.29 is 33.1 Å². The highest BCUT2D eigenvalue weighted by Gasteiger charge is 2.27. The Balaban J connectivity index is 1.40. The molecule has 0 unspecified atom stereocenters. The molecule has 0 saturated heterocycles. The van der Waals surface area contributed by atoms with E-state index in [9.17, 15) is 9.59 Å². The molecule has 0 aliphatic carbocycles. The number of esters is 1. The van der Waals surface area contributed by atoms with Gasteiger partial charge in [-0.2, -0.15) is 4.98 Å². The van der Waals surface area contributed by atoms with Crippen LogP contribution >= 0.6 is 0 Å². The van der Waals surface area contributed by atoms with Crippen LogP contribution in [0.3, 0.4) is 0 Å². The van der Waals surface area contributed by atoms with Gasteiger partial charge in [0, 0.05) is 6.07 Å². The number of hydrogen-bond donors (Lipinski definition) is 0. The van der Waals surface area contributed by atoms with Crippen molar-refractivity contribution in [1.82, 2.24) is 10.1 Å². The predicted molar refractivity (Wildman–Crippen MR) is 107 cm³/mol. The van der Waals surface area contributed by atoms with Crippen molar-refractivity contribution in [3.63, 3.8) is 0 Å². The van der Waals surface area contributed by atoms with Gasteiger partial charge in [-0.25, -0.2) is 0 Å². The summed E-state index contributed by atoms with van der Waals surface area (Å²) < 4.78 is 26.3. The summed E-state index contributed by atoms with van der Waals surface area (Å²) in [5.41, 5.74) is 1.11. The van der Waals surface area contributed by atoms with Gasteiger partial charge in [0.05, 0.1) is 25.5 Å². The highest BCUT2D eigenvalue weighted by atomic mass is 16.6. The standard InChI is InChI=1S/C21H19N3O7/c1-27-13-7-8-14(17(9-13)28-2)21-22-18(31-23-21)11-30-20(26)10-24-15-5-3-4-6-16(15)29-12-19(24)25/h3-9H,10-12H2,1-2H3. The molecule has 1 aromatic heterocycles. The van der Waals surface area contributed by atoms with Crippen molar-refractivity contribution >= 4 is 17.6 Å². The van der Waals surface area contributed by atoms with Crippen LogP contribution in [0.2, 0.25) is 0 Å². The molecule has 160 valence electrons. The Bertz CT molecular complexity index is 1110. The minimum absolute atomic E-state index is 0.106. The Hall–Kier alpha value is -4.08. The maximum Gasteiger partial charge on any atom is 0.326 e. The molecule has 4 rings (SSSR count). The van der Waals surface area contributed by atoms with Gasteiger partial charge in [0.25, 0.3) is 11.8 Å². The molecule has 0 spiro atoms. The first-order valence-electron chi connectivity index (χ1n) is 9.32. The molecule has 1 aliphatic rings. The van der Waals surface area contributed by atoms with Crippen molar-refractivity contribution in [2.24, 2.45) is 0 Å². The number of hydrogen-bond acceptors (Lipinski definition) is 9. The Morgan fingerprint density at radius 1 is 1.16 bits per heavy atom. The number of benzene rings is 2.